The van der Waals surface area contributed by atoms with Gasteiger partial charge in [-0.05, 0) is 31.4 Å². The molecule has 4 rings (SSSR count). The van der Waals surface area contributed by atoms with E-state index < -0.39 is 17.2 Å². The van der Waals surface area contributed by atoms with Crippen LogP contribution in [0.3, 0.4) is 0 Å². The number of fused-ring (bicyclic) bond motifs is 1. The number of aromatic nitrogens is 3. The normalized spacial score (nSPS) is 13.8. The largest absolute Gasteiger partial charge is 0.497 e. The van der Waals surface area contributed by atoms with Gasteiger partial charge in [0.25, 0.3) is 5.56 Å². The molecule has 1 aliphatic rings. The van der Waals surface area contributed by atoms with Crippen LogP contribution >= 0.6 is 11.3 Å². The maximum Gasteiger partial charge on any atom is 0.333 e. The van der Waals surface area contributed by atoms with Crippen LogP contribution in [0.2, 0.25) is 0 Å². The lowest BCUT2D eigenvalue weighted by Gasteiger charge is -2.25. The van der Waals surface area contributed by atoms with Gasteiger partial charge in [0.05, 0.1) is 7.11 Å². The van der Waals surface area contributed by atoms with Crippen molar-refractivity contribution in [1.29, 1.82) is 0 Å². The zero-order valence-corrected chi connectivity index (χ0v) is 18.7. The quantitative estimate of drug-likeness (QED) is 0.550. The summed E-state index contributed by atoms with van der Waals surface area (Å²) in [6, 6.07) is 6.95. The predicted octanol–water partition coefficient (Wildman–Crippen LogP) is 2.44. The lowest BCUT2D eigenvalue weighted by Crippen LogP contribution is -2.41. The fraction of sp³-hybridized carbons (Fsp3) is 0.364. The number of allylic oxidation sites excluding steroid dienone is 1. The van der Waals surface area contributed by atoms with Crippen LogP contribution in [0.5, 0.6) is 5.75 Å². The summed E-state index contributed by atoms with van der Waals surface area (Å²) in [6.45, 7) is 5.15. The van der Waals surface area contributed by atoms with Crippen molar-refractivity contribution in [2.24, 2.45) is 0 Å². The minimum Gasteiger partial charge on any atom is -0.497 e. The Balaban J connectivity index is 1.73. The molecule has 0 spiro atoms. The Morgan fingerprint density at radius 1 is 1.25 bits per heavy atom. The molecular formula is C22H25N5O4S. The second-order valence-electron chi connectivity index (χ2n) is 7.55. The zero-order chi connectivity index (χ0) is 22.7. The minimum atomic E-state index is -0.585. The summed E-state index contributed by atoms with van der Waals surface area (Å²) in [5.41, 5.74) is -0.203. The Labute approximate surface area is 188 Å². The minimum absolute atomic E-state index is 0.0576. The number of anilines is 2. The highest BCUT2D eigenvalue weighted by molar-refractivity contribution is 7.22. The summed E-state index contributed by atoms with van der Waals surface area (Å²) >= 11 is 1.27. The molecule has 168 valence electrons. The van der Waals surface area contributed by atoms with E-state index in [4.69, 9.17) is 4.74 Å². The molecule has 1 aliphatic heterocycles. The average molecular weight is 456 g/mol. The van der Waals surface area contributed by atoms with Crippen molar-refractivity contribution in [3.05, 3.63) is 57.8 Å². The number of nitrogens with one attached hydrogen (secondary N) is 1. The van der Waals surface area contributed by atoms with Crippen LogP contribution < -0.4 is 26.2 Å². The van der Waals surface area contributed by atoms with E-state index in [9.17, 15) is 14.4 Å². The lowest BCUT2D eigenvalue weighted by atomic mass is 10.1. The van der Waals surface area contributed by atoms with Crippen LogP contribution in [0.4, 0.5) is 10.8 Å². The topological polar surface area (TPSA) is 98.5 Å². The molecule has 0 aliphatic carbocycles. The van der Waals surface area contributed by atoms with Crippen molar-refractivity contribution >= 4 is 38.4 Å². The molecule has 1 saturated heterocycles. The molecule has 0 radical (unpaired) electrons. The molecule has 1 N–H and O–H groups in total. The Morgan fingerprint density at radius 2 is 2.03 bits per heavy atom. The molecule has 1 fully saturated rings. The SMILES string of the molecule is C=CCn1c(=O)c2sc(N3CCCCC3)nc2n(CC(=O)Nc2cccc(OC)c2)c1=O. The maximum absolute atomic E-state index is 13.1. The number of carbonyl (C=O) groups excluding carboxylic acids is 1. The van der Waals surface area contributed by atoms with Gasteiger partial charge in [0.2, 0.25) is 5.91 Å². The first kappa shape index (κ1) is 21.8. The number of methoxy groups -OCH3 is 1. The predicted molar refractivity (Wildman–Crippen MR) is 126 cm³/mol. The van der Waals surface area contributed by atoms with Crippen molar-refractivity contribution in [3.8, 4) is 5.75 Å². The first-order chi connectivity index (χ1) is 15.5. The van der Waals surface area contributed by atoms with Crippen molar-refractivity contribution in [2.45, 2.75) is 32.4 Å². The van der Waals surface area contributed by atoms with E-state index in [2.05, 4.69) is 21.8 Å². The van der Waals surface area contributed by atoms with Crippen LogP contribution in [0, 0.1) is 0 Å². The first-order valence-corrected chi connectivity index (χ1v) is 11.3. The Hall–Kier alpha value is -3.40. The number of hydrogen-bond acceptors (Lipinski definition) is 7. The summed E-state index contributed by atoms with van der Waals surface area (Å²) in [5.74, 6) is 0.200. The number of carbonyl (C=O) groups is 1. The van der Waals surface area contributed by atoms with Gasteiger partial charge in [-0.15, -0.1) is 6.58 Å². The molecule has 32 heavy (non-hydrogen) atoms. The Morgan fingerprint density at radius 3 is 2.75 bits per heavy atom. The highest BCUT2D eigenvalue weighted by Gasteiger charge is 2.22. The molecule has 0 atom stereocenters. The van der Waals surface area contributed by atoms with Crippen LogP contribution in [0.25, 0.3) is 10.3 Å². The highest BCUT2D eigenvalue weighted by Crippen LogP contribution is 2.28. The van der Waals surface area contributed by atoms with Gasteiger partial charge in [0.15, 0.2) is 10.8 Å². The van der Waals surface area contributed by atoms with Crippen LogP contribution in [-0.2, 0) is 17.9 Å². The van der Waals surface area contributed by atoms with Gasteiger partial charge in [-0.1, -0.05) is 23.5 Å². The smallest absolute Gasteiger partial charge is 0.333 e. The van der Waals surface area contributed by atoms with E-state index >= 15 is 0 Å². The van der Waals surface area contributed by atoms with Crippen LogP contribution in [0.15, 0.2) is 46.5 Å². The molecular weight excluding hydrogens is 430 g/mol. The molecule has 0 saturated carbocycles. The number of nitrogens with zero attached hydrogens (tertiary/aromatic N) is 4. The van der Waals surface area contributed by atoms with Crippen LogP contribution in [-0.4, -0.2) is 40.2 Å². The van der Waals surface area contributed by atoms with Crippen LogP contribution in [0.1, 0.15) is 19.3 Å². The van der Waals surface area contributed by atoms with Crippen molar-refractivity contribution < 1.29 is 9.53 Å². The van der Waals surface area contributed by atoms with Gasteiger partial charge in [-0.2, -0.15) is 0 Å². The van der Waals surface area contributed by atoms with E-state index in [1.165, 1.54) is 28.4 Å². The lowest BCUT2D eigenvalue weighted by molar-refractivity contribution is -0.116. The summed E-state index contributed by atoms with van der Waals surface area (Å²) in [4.78, 5) is 45.6. The van der Waals surface area contributed by atoms with E-state index in [0.717, 1.165) is 30.5 Å². The van der Waals surface area contributed by atoms with Gasteiger partial charge >= 0.3 is 5.69 Å². The summed E-state index contributed by atoms with van der Waals surface area (Å²) < 4.78 is 7.90. The van der Waals surface area contributed by atoms with E-state index in [1.54, 1.807) is 31.4 Å². The number of benzene rings is 1. The third-order valence-electron chi connectivity index (χ3n) is 5.35. The fourth-order valence-corrected chi connectivity index (χ4v) is 4.84. The zero-order valence-electron chi connectivity index (χ0n) is 17.9. The molecule has 0 unspecified atom stereocenters. The van der Waals surface area contributed by atoms with Crippen molar-refractivity contribution in [3.63, 3.8) is 0 Å². The number of ether oxygens (including phenoxy) is 1. The van der Waals surface area contributed by atoms with E-state index in [-0.39, 0.29) is 18.7 Å². The fourth-order valence-electron chi connectivity index (χ4n) is 3.77. The van der Waals surface area contributed by atoms with Gasteiger partial charge in [-0.25, -0.2) is 9.78 Å². The maximum atomic E-state index is 13.1. The Bertz CT molecular complexity index is 1270. The number of piperidine rings is 1. The molecule has 0 bridgehead atoms. The number of rotatable bonds is 7. The number of amides is 1. The van der Waals surface area contributed by atoms with Gasteiger partial charge < -0.3 is 15.0 Å². The standard InChI is InChI=1S/C22H25N5O4S/c1-3-10-26-20(29)18-19(24-21(32-18)25-11-5-4-6-12-25)27(22(26)30)14-17(28)23-15-8-7-9-16(13-15)31-2/h3,7-9,13H,1,4-6,10-12,14H2,2H3,(H,23,28). The van der Waals surface area contributed by atoms with Gasteiger partial charge in [0.1, 0.15) is 17.0 Å². The highest BCUT2D eigenvalue weighted by atomic mass is 32.1. The average Bonchev–Trinajstić information content (AvgIpc) is 3.26. The summed E-state index contributed by atoms with van der Waals surface area (Å²) in [7, 11) is 1.54. The summed E-state index contributed by atoms with van der Waals surface area (Å²) in [5, 5.41) is 3.48. The van der Waals surface area contributed by atoms with Gasteiger partial charge in [0, 0.05) is 31.4 Å². The van der Waals surface area contributed by atoms with Crippen molar-refractivity contribution in [1.82, 2.24) is 14.1 Å². The molecule has 3 heterocycles. The van der Waals surface area contributed by atoms with E-state index in [1.807, 2.05) is 0 Å². The third kappa shape index (κ3) is 4.31. The summed E-state index contributed by atoms with van der Waals surface area (Å²) in [6.07, 6.45) is 4.78. The van der Waals surface area contributed by atoms with Gasteiger partial charge in [-0.3, -0.25) is 18.7 Å². The molecule has 2 aromatic heterocycles. The first-order valence-electron chi connectivity index (χ1n) is 10.5. The molecule has 1 amide bonds. The second kappa shape index (κ2) is 9.39. The molecule has 1 aromatic carbocycles. The third-order valence-corrected chi connectivity index (χ3v) is 6.44. The molecule has 3 aromatic rings. The van der Waals surface area contributed by atoms with Crippen molar-refractivity contribution in [2.75, 3.05) is 30.4 Å². The molecule has 9 nitrogen and oxygen atoms in total. The number of thiazole rings is 1. The number of hydrogen-bond donors (Lipinski definition) is 1. The monoisotopic (exact) mass is 455 g/mol. The van der Waals surface area contributed by atoms with E-state index in [0.29, 0.717) is 21.3 Å². The molecule has 10 heteroatoms. The second-order valence-corrected chi connectivity index (χ2v) is 8.53. The Kier molecular flexibility index (Phi) is 6.40.